The van der Waals surface area contributed by atoms with Crippen molar-refractivity contribution in [3.05, 3.63) is 28.5 Å². The molecule has 0 aliphatic carbocycles. The summed E-state index contributed by atoms with van der Waals surface area (Å²) in [6.45, 7) is 5.60. The predicted molar refractivity (Wildman–Crippen MR) is 74.2 cm³/mol. The number of hydrogen-bond donors (Lipinski definition) is 1. The van der Waals surface area contributed by atoms with Gasteiger partial charge in [-0.05, 0) is 39.9 Å². The Kier molecular flexibility index (Phi) is 3.73. The number of rotatable bonds is 1. The monoisotopic (exact) mass is 311 g/mol. The molecule has 0 saturated carbocycles. The van der Waals surface area contributed by atoms with E-state index in [9.17, 15) is 4.79 Å². The van der Waals surface area contributed by atoms with Crippen LogP contribution in [0, 0.1) is 5.41 Å². The van der Waals surface area contributed by atoms with Gasteiger partial charge >= 0.3 is 0 Å². The lowest BCUT2D eigenvalue weighted by Crippen LogP contribution is -2.54. The summed E-state index contributed by atoms with van der Waals surface area (Å²) >= 11 is 3.31. The van der Waals surface area contributed by atoms with Crippen molar-refractivity contribution in [1.82, 2.24) is 9.88 Å². The van der Waals surface area contributed by atoms with Crippen LogP contribution in [0.2, 0.25) is 0 Å². The van der Waals surface area contributed by atoms with Crippen LogP contribution in [0.4, 0.5) is 0 Å². The quantitative estimate of drug-likeness (QED) is 0.863. The standard InChI is InChI=1S/C13H18BrN3O/c1-13(2)8-17(6-5-11(13)15)12(18)10-4-3-9(14)7-16-10/h3-4,7,11H,5-6,8,15H2,1-2H3. The number of aromatic nitrogens is 1. The molecule has 0 radical (unpaired) electrons. The van der Waals surface area contributed by atoms with Crippen LogP contribution in [0.15, 0.2) is 22.8 Å². The summed E-state index contributed by atoms with van der Waals surface area (Å²) in [5, 5.41) is 0. The van der Waals surface area contributed by atoms with Gasteiger partial charge in [-0.2, -0.15) is 0 Å². The van der Waals surface area contributed by atoms with Gasteiger partial charge in [0.25, 0.3) is 5.91 Å². The average Bonchev–Trinajstić information content (AvgIpc) is 2.33. The zero-order valence-corrected chi connectivity index (χ0v) is 12.3. The predicted octanol–water partition coefficient (Wildman–Crippen LogP) is 2.04. The molecule has 2 heterocycles. The van der Waals surface area contributed by atoms with Crippen molar-refractivity contribution in [2.24, 2.45) is 11.1 Å². The van der Waals surface area contributed by atoms with Gasteiger partial charge in [-0.25, -0.2) is 4.98 Å². The lowest BCUT2D eigenvalue weighted by atomic mass is 9.79. The van der Waals surface area contributed by atoms with E-state index in [-0.39, 0.29) is 17.4 Å². The smallest absolute Gasteiger partial charge is 0.272 e. The first kappa shape index (κ1) is 13.5. The summed E-state index contributed by atoms with van der Waals surface area (Å²) in [4.78, 5) is 18.3. The maximum Gasteiger partial charge on any atom is 0.272 e. The first-order chi connectivity index (χ1) is 8.40. The molecule has 1 aromatic rings. The molecule has 4 nitrogen and oxygen atoms in total. The van der Waals surface area contributed by atoms with Crippen molar-refractivity contribution in [3.8, 4) is 0 Å². The molecule has 1 aliphatic heterocycles. The molecule has 2 rings (SSSR count). The number of amides is 1. The van der Waals surface area contributed by atoms with Crippen LogP contribution in [0.5, 0.6) is 0 Å². The minimum Gasteiger partial charge on any atom is -0.337 e. The van der Waals surface area contributed by atoms with Gasteiger partial charge in [0.15, 0.2) is 0 Å². The molecule has 1 saturated heterocycles. The van der Waals surface area contributed by atoms with E-state index < -0.39 is 0 Å². The van der Waals surface area contributed by atoms with Crippen molar-refractivity contribution >= 4 is 21.8 Å². The molecule has 0 bridgehead atoms. The Labute approximate surface area is 116 Å². The largest absolute Gasteiger partial charge is 0.337 e. The molecule has 1 atom stereocenters. The first-order valence-corrected chi connectivity index (χ1v) is 6.86. The van der Waals surface area contributed by atoms with Gasteiger partial charge in [-0.3, -0.25) is 4.79 Å². The Morgan fingerprint density at radius 3 is 2.83 bits per heavy atom. The molecule has 0 aromatic carbocycles. The summed E-state index contributed by atoms with van der Waals surface area (Å²) in [5.74, 6) is -0.0116. The number of nitrogens with zero attached hydrogens (tertiary/aromatic N) is 2. The topological polar surface area (TPSA) is 59.2 Å². The second-order valence-electron chi connectivity index (χ2n) is 5.47. The zero-order valence-electron chi connectivity index (χ0n) is 10.7. The molecule has 2 N–H and O–H groups in total. The van der Waals surface area contributed by atoms with E-state index >= 15 is 0 Å². The van der Waals surface area contributed by atoms with Crippen LogP contribution in [0.25, 0.3) is 0 Å². The van der Waals surface area contributed by atoms with E-state index in [2.05, 4.69) is 34.8 Å². The molecule has 1 fully saturated rings. The fourth-order valence-electron chi connectivity index (χ4n) is 2.21. The van der Waals surface area contributed by atoms with E-state index in [0.717, 1.165) is 10.9 Å². The van der Waals surface area contributed by atoms with Gasteiger partial charge in [0.1, 0.15) is 5.69 Å². The first-order valence-electron chi connectivity index (χ1n) is 6.06. The van der Waals surface area contributed by atoms with Crippen LogP contribution in [-0.2, 0) is 0 Å². The normalized spacial score (nSPS) is 22.9. The molecule has 98 valence electrons. The van der Waals surface area contributed by atoms with Crippen LogP contribution < -0.4 is 5.73 Å². The van der Waals surface area contributed by atoms with Gasteiger partial charge in [-0.1, -0.05) is 13.8 Å². The number of nitrogens with two attached hydrogens (primary N) is 1. The lowest BCUT2D eigenvalue weighted by molar-refractivity contribution is 0.0527. The number of pyridine rings is 1. The Morgan fingerprint density at radius 1 is 1.56 bits per heavy atom. The van der Waals surface area contributed by atoms with Gasteiger partial charge in [-0.15, -0.1) is 0 Å². The van der Waals surface area contributed by atoms with Crippen LogP contribution >= 0.6 is 15.9 Å². The van der Waals surface area contributed by atoms with E-state index in [0.29, 0.717) is 18.8 Å². The van der Waals surface area contributed by atoms with Gasteiger partial charge in [0.2, 0.25) is 0 Å². The molecule has 1 unspecified atom stereocenters. The van der Waals surface area contributed by atoms with Crippen LogP contribution in [0.3, 0.4) is 0 Å². The zero-order chi connectivity index (χ0) is 13.3. The van der Waals surface area contributed by atoms with Gasteiger partial charge in [0, 0.05) is 29.8 Å². The summed E-state index contributed by atoms with van der Waals surface area (Å²) in [7, 11) is 0. The minimum atomic E-state index is -0.0384. The van der Waals surface area contributed by atoms with Crippen molar-refractivity contribution in [1.29, 1.82) is 0 Å². The number of piperidine rings is 1. The number of halogens is 1. The molecule has 5 heteroatoms. The third-order valence-electron chi connectivity index (χ3n) is 3.55. The highest BCUT2D eigenvalue weighted by Crippen LogP contribution is 2.28. The molecule has 0 spiro atoms. The Bertz CT molecular complexity index is 444. The van der Waals surface area contributed by atoms with Crippen LogP contribution in [-0.4, -0.2) is 34.9 Å². The number of carbonyl (C=O) groups is 1. The van der Waals surface area contributed by atoms with E-state index in [1.165, 1.54) is 0 Å². The van der Waals surface area contributed by atoms with E-state index in [1.807, 2.05) is 11.0 Å². The van der Waals surface area contributed by atoms with E-state index in [1.54, 1.807) is 12.3 Å². The highest BCUT2D eigenvalue weighted by Gasteiger charge is 2.35. The molecular formula is C13H18BrN3O. The number of likely N-dealkylation sites (tertiary alicyclic amines) is 1. The third-order valence-corrected chi connectivity index (χ3v) is 4.01. The number of carbonyl (C=O) groups excluding carboxylic acids is 1. The fraction of sp³-hybridized carbons (Fsp3) is 0.538. The van der Waals surface area contributed by atoms with Gasteiger partial charge in [0.05, 0.1) is 0 Å². The second kappa shape index (κ2) is 4.97. The Hall–Kier alpha value is -0.940. The Morgan fingerprint density at radius 2 is 2.28 bits per heavy atom. The molecule has 1 aliphatic rings. The van der Waals surface area contributed by atoms with Crippen molar-refractivity contribution in [2.45, 2.75) is 26.3 Å². The van der Waals surface area contributed by atoms with E-state index in [4.69, 9.17) is 5.73 Å². The minimum absolute atomic E-state index is 0.0116. The SMILES string of the molecule is CC1(C)CN(C(=O)c2ccc(Br)cn2)CCC1N. The summed E-state index contributed by atoms with van der Waals surface area (Å²) in [6, 6.07) is 3.73. The lowest BCUT2D eigenvalue weighted by Gasteiger charge is -2.42. The van der Waals surface area contributed by atoms with Crippen molar-refractivity contribution < 1.29 is 4.79 Å². The van der Waals surface area contributed by atoms with Crippen molar-refractivity contribution in [2.75, 3.05) is 13.1 Å². The highest BCUT2D eigenvalue weighted by molar-refractivity contribution is 9.10. The molecule has 1 amide bonds. The summed E-state index contributed by atoms with van der Waals surface area (Å²) in [5.41, 5.74) is 6.53. The van der Waals surface area contributed by atoms with Gasteiger partial charge < -0.3 is 10.6 Å². The molecular weight excluding hydrogens is 294 g/mol. The Balaban J connectivity index is 2.13. The highest BCUT2D eigenvalue weighted by atomic mass is 79.9. The summed E-state index contributed by atoms with van der Waals surface area (Å²) in [6.07, 6.45) is 2.49. The maximum absolute atomic E-state index is 12.3. The second-order valence-corrected chi connectivity index (χ2v) is 6.39. The average molecular weight is 312 g/mol. The molecule has 18 heavy (non-hydrogen) atoms. The maximum atomic E-state index is 12.3. The third kappa shape index (κ3) is 2.72. The number of hydrogen-bond acceptors (Lipinski definition) is 3. The fourth-order valence-corrected chi connectivity index (χ4v) is 2.45. The van der Waals surface area contributed by atoms with Crippen molar-refractivity contribution in [3.63, 3.8) is 0 Å². The molecule has 1 aromatic heterocycles. The van der Waals surface area contributed by atoms with Crippen LogP contribution in [0.1, 0.15) is 30.8 Å². The summed E-state index contributed by atoms with van der Waals surface area (Å²) < 4.78 is 0.875.